The number of rotatable bonds is 8. The molecule has 4 aromatic carbocycles. The Labute approximate surface area is 193 Å². The molecule has 0 unspecified atom stereocenters. The summed E-state index contributed by atoms with van der Waals surface area (Å²) in [4.78, 5) is 18.1. The standard InChI is InChI=1S/C29H23NO3/c1-32-26-19-15-23(16-20-26)28(31)21-14-22-12-17-27(18-13-22)33-30-29(24-8-4-2-5-9-24)25-10-6-3-7-11-25/h2-21H,1H3/b21-14+. The number of benzene rings is 4. The minimum Gasteiger partial charge on any atom is -0.497 e. The number of ketones is 1. The van der Waals surface area contributed by atoms with Gasteiger partial charge in [-0.3, -0.25) is 4.79 Å². The van der Waals surface area contributed by atoms with Gasteiger partial charge in [0.2, 0.25) is 0 Å². The highest BCUT2D eigenvalue weighted by Crippen LogP contribution is 2.17. The molecular weight excluding hydrogens is 410 g/mol. The van der Waals surface area contributed by atoms with Crippen LogP contribution in [0, 0.1) is 0 Å². The Balaban J connectivity index is 1.46. The molecule has 0 aromatic heterocycles. The summed E-state index contributed by atoms with van der Waals surface area (Å²) in [6.07, 6.45) is 3.33. The number of methoxy groups -OCH3 is 1. The summed E-state index contributed by atoms with van der Waals surface area (Å²) in [7, 11) is 1.60. The molecule has 0 saturated heterocycles. The van der Waals surface area contributed by atoms with E-state index in [9.17, 15) is 4.79 Å². The minimum atomic E-state index is -0.0713. The quantitative estimate of drug-likeness (QED) is 0.139. The molecule has 0 fully saturated rings. The fraction of sp³-hybridized carbons (Fsp3) is 0.0345. The highest BCUT2D eigenvalue weighted by molar-refractivity contribution is 6.12. The van der Waals surface area contributed by atoms with Crippen LogP contribution in [0.2, 0.25) is 0 Å². The van der Waals surface area contributed by atoms with E-state index in [0.29, 0.717) is 11.3 Å². The Morgan fingerprint density at radius 3 is 1.76 bits per heavy atom. The minimum absolute atomic E-state index is 0.0713. The SMILES string of the molecule is COc1ccc(C(=O)/C=C/c2ccc(ON=C(c3ccccc3)c3ccccc3)cc2)cc1. The average Bonchev–Trinajstić information content (AvgIpc) is 2.89. The van der Waals surface area contributed by atoms with E-state index in [1.807, 2.05) is 84.9 Å². The summed E-state index contributed by atoms with van der Waals surface area (Å²) in [6, 6.07) is 34.3. The maximum atomic E-state index is 12.4. The summed E-state index contributed by atoms with van der Waals surface area (Å²) in [5.74, 6) is 1.26. The number of carbonyl (C=O) groups excluding carboxylic acids is 1. The van der Waals surface area contributed by atoms with Crippen LogP contribution < -0.4 is 9.57 Å². The molecule has 0 atom stereocenters. The third-order valence-electron chi connectivity index (χ3n) is 5.02. The average molecular weight is 434 g/mol. The summed E-state index contributed by atoms with van der Waals surface area (Å²) in [5, 5.41) is 4.43. The van der Waals surface area contributed by atoms with Crippen molar-refractivity contribution in [2.45, 2.75) is 0 Å². The third kappa shape index (κ3) is 5.83. The van der Waals surface area contributed by atoms with Crippen LogP contribution in [-0.4, -0.2) is 18.6 Å². The van der Waals surface area contributed by atoms with Gasteiger partial charge in [-0.15, -0.1) is 0 Å². The lowest BCUT2D eigenvalue weighted by Crippen LogP contribution is -2.05. The second-order valence-corrected chi connectivity index (χ2v) is 7.26. The van der Waals surface area contributed by atoms with E-state index >= 15 is 0 Å². The highest BCUT2D eigenvalue weighted by atomic mass is 16.6. The largest absolute Gasteiger partial charge is 0.497 e. The van der Waals surface area contributed by atoms with E-state index in [4.69, 9.17) is 9.57 Å². The molecule has 0 aliphatic heterocycles. The molecule has 0 N–H and O–H groups in total. The van der Waals surface area contributed by atoms with E-state index < -0.39 is 0 Å². The monoisotopic (exact) mass is 433 g/mol. The Hall–Kier alpha value is -4.44. The fourth-order valence-corrected chi connectivity index (χ4v) is 3.23. The molecule has 0 saturated carbocycles. The summed E-state index contributed by atoms with van der Waals surface area (Å²) in [5.41, 5.74) is 4.20. The normalized spacial score (nSPS) is 10.6. The zero-order chi connectivity index (χ0) is 22.9. The van der Waals surface area contributed by atoms with Gasteiger partial charge >= 0.3 is 0 Å². The smallest absolute Gasteiger partial charge is 0.185 e. The van der Waals surface area contributed by atoms with Gasteiger partial charge in [0.05, 0.1) is 7.11 Å². The van der Waals surface area contributed by atoms with Crippen molar-refractivity contribution >= 4 is 17.6 Å². The fourth-order valence-electron chi connectivity index (χ4n) is 3.23. The van der Waals surface area contributed by atoms with Gasteiger partial charge in [0.1, 0.15) is 11.5 Å². The molecule has 0 radical (unpaired) electrons. The first-order chi connectivity index (χ1) is 16.2. The van der Waals surface area contributed by atoms with Crippen LogP contribution in [0.4, 0.5) is 0 Å². The van der Waals surface area contributed by atoms with Crippen molar-refractivity contribution in [3.63, 3.8) is 0 Å². The van der Waals surface area contributed by atoms with Gasteiger partial charge in [0.15, 0.2) is 11.5 Å². The predicted molar refractivity (Wildman–Crippen MR) is 132 cm³/mol. The number of oxime groups is 1. The highest BCUT2D eigenvalue weighted by Gasteiger charge is 2.08. The summed E-state index contributed by atoms with van der Waals surface area (Å²) >= 11 is 0. The van der Waals surface area contributed by atoms with E-state index in [0.717, 1.165) is 28.2 Å². The molecule has 0 aliphatic carbocycles. The lowest BCUT2D eigenvalue weighted by atomic mass is 10.0. The van der Waals surface area contributed by atoms with Crippen molar-refractivity contribution in [1.82, 2.24) is 0 Å². The van der Waals surface area contributed by atoms with Crippen LogP contribution in [0.5, 0.6) is 11.5 Å². The second kappa shape index (κ2) is 10.7. The first-order valence-electron chi connectivity index (χ1n) is 10.6. The van der Waals surface area contributed by atoms with Crippen LogP contribution in [0.1, 0.15) is 27.0 Å². The van der Waals surface area contributed by atoms with Crippen molar-refractivity contribution in [2.24, 2.45) is 5.16 Å². The van der Waals surface area contributed by atoms with Gasteiger partial charge < -0.3 is 9.57 Å². The van der Waals surface area contributed by atoms with Gasteiger partial charge in [0.25, 0.3) is 0 Å². The third-order valence-corrected chi connectivity index (χ3v) is 5.02. The van der Waals surface area contributed by atoms with Crippen molar-refractivity contribution in [3.8, 4) is 11.5 Å². The molecule has 0 amide bonds. The number of carbonyl (C=O) groups is 1. The lowest BCUT2D eigenvalue weighted by Gasteiger charge is -2.07. The Bertz CT molecular complexity index is 1200. The second-order valence-electron chi connectivity index (χ2n) is 7.26. The van der Waals surface area contributed by atoms with E-state index in [-0.39, 0.29) is 5.78 Å². The Morgan fingerprint density at radius 1 is 0.667 bits per heavy atom. The van der Waals surface area contributed by atoms with Gasteiger partial charge in [-0.05, 0) is 48.0 Å². The number of ether oxygens (including phenoxy) is 1. The topological polar surface area (TPSA) is 47.9 Å². The first kappa shape index (κ1) is 21.8. The molecular formula is C29H23NO3. The van der Waals surface area contributed by atoms with Crippen molar-refractivity contribution in [2.75, 3.05) is 7.11 Å². The van der Waals surface area contributed by atoms with Crippen LogP contribution >= 0.6 is 0 Å². The molecule has 4 rings (SSSR count). The molecule has 0 bridgehead atoms. The number of hydrogen-bond donors (Lipinski definition) is 0. The molecule has 4 heteroatoms. The molecule has 0 aliphatic rings. The van der Waals surface area contributed by atoms with Crippen LogP contribution in [-0.2, 0) is 0 Å². The van der Waals surface area contributed by atoms with Gasteiger partial charge in [-0.2, -0.15) is 0 Å². The maximum absolute atomic E-state index is 12.4. The maximum Gasteiger partial charge on any atom is 0.185 e. The van der Waals surface area contributed by atoms with E-state index in [1.54, 1.807) is 43.5 Å². The number of nitrogens with zero attached hydrogens (tertiary/aromatic N) is 1. The van der Waals surface area contributed by atoms with Gasteiger partial charge in [-0.1, -0.05) is 84.0 Å². The molecule has 162 valence electrons. The van der Waals surface area contributed by atoms with Crippen molar-refractivity contribution in [3.05, 3.63) is 138 Å². The molecule has 0 heterocycles. The molecule has 33 heavy (non-hydrogen) atoms. The zero-order valence-electron chi connectivity index (χ0n) is 18.2. The molecule has 4 aromatic rings. The van der Waals surface area contributed by atoms with Gasteiger partial charge in [-0.25, -0.2) is 0 Å². The van der Waals surface area contributed by atoms with Crippen LogP contribution in [0.25, 0.3) is 6.08 Å². The van der Waals surface area contributed by atoms with Crippen LogP contribution in [0.3, 0.4) is 0 Å². The van der Waals surface area contributed by atoms with Gasteiger partial charge in [0, 0.05) is 16.7 Å². The van der Waals surface area contributed by atoms with E-state index in [2.05, 4.69) is 5.16 Å². The first-order valence-corrected chi connectivity index (χ1v) is 10.6. The lowest BCUT2D eigenvalue weighted by molar-refractivity contribution is 0.104. The summed E-state index contributed by atoms with van der Waals surface area (Å²) in [6.45, 7) is 0. The molecule has 4 nitrogen and oxygen atoms in total. The number of allylic oxidation sites excluding steroid dienone is 1. The number of hydrogen-bond acceptors (Lipinski definition) is 4. The van der Waals surface area contributed by atoms with Crippen molar-refractivity contribution in [1.29, 1.82) is 0 Å². The molecule has 0 spiro atoms. The van der Waals surface area contributed by atoms with Crippen LogP contribution in [0.15, 0.2) is 120 Å². The Morgan fingerprint density at radius 2 is 1.21 bits per heavy atom. The van der Waals surface area contributed by atoms with E-state index in [1.165, 1.54) is 0 Å². The summed E-state index contributed by atoms with van der Waals surface area (Å²) < 4.78 is 5.12. The Kier molecular flexibility index (Phi) is 7.08. The van der Waals surface area contributed by atoms with Crippen molar-refractivity contribution < 1.29 is 14.4 Å². The predicted octanol–water partition coefficient (Wildman–Crippen LogP) is 6.42. The zero-order valence-corrected chi connectivity index (χ0v) is 18.2.